The molecule has 102 valence electrons. The van der Waals surface area contributed by atoms with Crippen LogP contribution < -0.4 is 0 Å². The highest BCUT2D eigenvalue weighted by Gasteiger charge is 2.44. The summed E-state index contributed by atoms with van der Waals surface area (Å²) in [5, 5.41) is 0. The van der Waals surface area contributed by atoms with Gasteiger partial charge in [0.05, 0.1) is 24.9 Å². The molecule has 1 spiro atoms. The molecular formula is C14H22O4. The minimum atomic E-state index is -0.163. The van der Waals surface area contributed by atoms with Crippen LogP contribution in [0, 0.1) is 11.8 Å². The minimum absolute atomic E-state index is 0.113. The quantitative estimate of drug-likeness (QED) is 0.750. The summed E-state index contributed by atoms with van der Waals surface area (Å²) >= 11 is 0. The van der Waals surface area contributed by atoms with Gasteiger partial charge in [-0.25, -0.2) is 0 Å². The number of rotatable bonds is 2. The summed E-state index contributed by atoms with van der Waals surface area (Å²) in [6.45, 7) is 4.78. The summed E-state index contributed by atoms with van der Waals surface area (Å²) in [5.41, 5.74) is -0.163. The second-order valence-electron chi connectivity index (χ2n) is 6.00. The van der Waals surface area contributed by atoms with E-state index in [1.807, 2.05) is 6.92 Å². The van der Waals surface area contributed by atoms with Gasteiger partial charge in [0.25, 0.3) is 0 Å². The highest BCUT2D eigenvalue weighted by molar-refractivity contribution is 5.84. The van der Waals surface area contributed by atoms with E-state index in [1.165, 1.54) is 0 Å². The van der Waals surface area contributed by atoms with Crippen LogP contribution in [0.5, 0.6) is 0 Å². The van der Waals surface area contributed by atoms with Gasteiger partial charge >= 0.3 is 0 Å². The van der Waals surface area contributed by atoms with Gasteiger partial charge in [-0.3, -0.25) is 4.79 Å². The van der Waals surface area contributed by atoms with Gasteiger partial charge in [0, 0.05) is 31.5 Å². The summed E-state index contributed by atoms with van der Waals surface area (Å²) in [7, 11) is 0. The fourth-order valence-electron chi connectivity index (χ4n) is 3.48. The molecule has 3 aliphatic heterocycles. The Morgan fingerprint density at radius 2 is 2.17 bits per heavy atom. The van der Waals surface area contributed by atoms with E-state index in [1.54, 1.807) is 0 Å². The second kappa shape index (κ2) is 4.91. The third-order valence-corrected chi connectivity index (χ3v) is 4.56. The lowest BCUT2D eigenvalue weighted by molar-refractivity contribution is -0.140. The Balaban J connectivity index is 1.63. The molecule has 0 aromatic carbocycles. The summed E-state index contributed by atoms with van der Waals surface area (Å²) < 4.78 is 16.8. The van der Waals surface area contributed by atoms with Crippen LogP contribution in [-0.4, -0.2) is 43.9 Å². The number of carbonyl (C=O) groups excluding carboxylic acids is 1. The first kappa shape index (κ1) is 12.6. The normalized spacial score (nSPS) is 44.6. The highest BCUT2D eigenvalue weighted by Crippen LogP contribution is 2.38. The zero-order valence-electron chi connectivity index (χ0n) is 11.0. The van der Waals surface area contributed by atoms with E-state index in [2.05, 4.69) is 0 Å². The molecule has 3 heterocycles. The third-order valence-electron chi connectivity index (χ3n) is 4.56. The Kier molecular flexibility index (Phi) is 3.43. The lowest BCUT2D eigenvalue weighted by atomic mass is 9.79. The van der Waals surface area contributed by atoms with Crippen molar-refractivity contribution in [3.8, 4) is 0 Å². The number of ketones is 1. The first-order valence-corrected chi connectivity index (χ1v) is 7.06. The molecule has 3 rings (SSSR count). The molecule has 0 amide bonds. The van der Waals surface area contributed by atoms with E-state index in [0.717, 1.165) is 32.3 Å². The van der Waals surface area contributed by atoms with E-state index in [9.17, 15) is 4.79 Å². The van der Waals surface area contributed by atoms with Gasteiger partial charge < -0.3 is 14.2 Å². The fraction of sp³-hybridized carbons (Fsp3) is 0.929. The SMILES string of the molecule is CC1CC(C(=O)C2CCOC3(CCOC3)C2)CO1. The zero-order valence-corrected chi connectivity index (χ0v) is 11.0. The van der Waals surface area contributed by atoms with Crippen molar-refractivity contribution in [3.05, 3.63) is 0 Å². The molecule has 0 aromatic rings. The van der Waals surface area contributed by atoms with Crippen molar-refractivity contribution in [2.24, 2.45) is 11.8 Å². The van der Waals surface area contributed by atoms with Crippen LogP contribution in [-0.2, 0) is 19.0 Å². The van der Waals surface area contributed by atoms with Gasteiger partial charge in [0.15, 0.2) is 0 Å². The van der Waals surface area contributed by atoms with Crippen molar-refractivity contribution in [3.63, 3.8) is 0 Å². The minimum Gasteiger partial charge on any atom is -0.378 e. The molecule has 18 heavy (non-hydrogen) atoms. The summed E-state index contributed by atoms with van der Waals surface area (Å²) in [5.74, 6) is 0.663. The molecular weight excluding hydrogens is 232 g/mol. The Hall–Kier alpha value is -0.450. The molecule has 4 heteroatoms. The summed E-state index contributed by atoms with van der Waals surface area (Å²) in [6, 6.07) is 0. The lowest BCUT2D eigenvalue weighted by Crippen LogP contribution is -2.43. The lowest BCUT2D eigenvalue weighted by Gasteiger charge is -2.37. The number of Topliss-reactive ketones (excluding diaryl/α,β-unsaturated/α-hetero) is 1. The van der Waals surface area contributed by atoms with Crippen LogP contribution in [0.2, 0.25) is 0 Å². The van der Waals surface area contributed by atoms with Crippen molar-refractivity contribution in [1.82, 2.24) is 0 Å². The molecule has 0 N–H and O–H groups in total. The highest BCUT2D eigenvalue weighted by atomic mass is 16.6. The molecule has 4 atom stereocenters. The maximum atomic E-state index is 12.5. The predicted octanol–water partition coefficient (Wildman–Crippen LogP) is 1.57. The van der Waals surface area contributed by atoms with E-state index < -0.39 is 0 Å². The van der Waals surface area contributed by atoms with Crippen molar-refractivity contribution < 1.29 is 19.0 Å². The van der Waals surface area contributed by atoms with Crippen LogP contribution in [0.4, 0.5) is 0 Å². The molecule has 3 aliphatic rings. The Morgan fingerprint density at radius 3 is 2.83 bits per heavy atom. The first-order valence-electron chi connectivity index (χ1n) is 7.06. The molecule has 0 aliphatic carbocycles. The maximum Gasteiger partial charge on any atom is 0.141 e. The van der Waals surface area contributed by atoms with E-state index in [-0.39, 0.29) is 23.5 Å². The van der Waals surface area contributed by atoms with Crippen LogP contribution in [0.1, 0.15) is 32.6 Å². The molecule has 0 radical (unpaired) electrons. The van der Waals surface area contributed by atoms with Gasteiger partial charge in [0.2, 0.25) is 0 Å². The summed E-state index contributed by atoms with van der Waals surface area (Å²) in [6.07, 6.45) is 3.78. The molecule has 3 saturated heterocycles. The van der Waals surface area contributed by atoms with Gasteiger partial charge in [-0.05, 0) is 26.2 Å². The average Bonchev–Trinajstić information content (AvgIpc) is 2.98. The van der Waals surface area contributed by atoms with Crippen LogP contribution >= 0.6 is 0 Å². The standard InChI is InChI=1S/C14H22O4/c1-10-6-12(8-17-10)13(15)11-2-4-18-14(7-11)3-5-16-9-14/h10-12H,2-9H2,1H3. The third kappa shape index (κ3) is 2.33. The van der Waals surface area contributed by atoms with E-state index >= 15 is 0 Å². The second-order valence-corrected chi connectivity index (χ2v) is 6.00. The smallest absolute Gasteiger partial charge is 0.141 e. The molecule has 3 fully saturated rings. The van der Waals surface area contributed by atoms with Crippen molar-refractivity contribution in [2.75, 3.05) is 26.4 Å². The number of carbonyl (C=O) groups is 1. The monoisotopic (exact) mass is 254 g/mol. The largest absolute Gasteiger partial charge is 0.378 e. The maximum absolute atomic E-state index is 12.5. The van der Waals surface area contributed by atoms with Gasteiger partial charge in [-0.15, -0.1) is 0 Å². The average molecular weight is 254 g/mol. The van der Waals surface area contributed by atoms with Crippen molar-refractivity contribution >= 4 is 5.78 Å². The molecule has 4 nitrogen and oxygen atoms in total. The number of hydrogen-bond acceptors (Lipinski definition) is 4. The Labute approximate surface area is 108 Å². The van der Waals surface area contributed by atoms with Gasteiger partial charge in [0.1, 0.15) is 5.78 Å². The number of hydrogen-bond donors (Lipinski definition) is 0. The van der Waals surface area contributed by atoms with Crippen molar-refractivity contribution in [1.29, 1.82) is 0 Å². The predicted molar refractivity (Wildman–Crippen MR) is 65.4 cm³/mol. The van der Waals surface area contributed by atoms with E-state index in [0.29, 0.717) is 25.6 Å². The molecule has 0 aromatic heterocycles. The Bertz CT molecular complexity index is 322. The first-order chi connectivity index (χ1) is 8.69. The Morgan fingerprint density at radius 1 is 1.28 bits per heavy atom. The number of ether oxygens (including phenoxy) is 3. The van der Waals surface area contributed by atoms with Crippen LogP contribution in [0.15, 0.2) is 0 Å². The zero-order chi connectivity index (χ0) is 12.6. The molecule has 4 unspecified atom stereocenters. The molecule has 0 saturated carbocycles. The fourth-order valence-corrected chi connectivity index (χ4v) is 3.48. The van der Waals surface area contributed by atoms with Gasteiger partial charge in [-0.2, -0.15) is 0 Å². The van der Waals surface area contributed by atoms with E-state index in [4.69, 9.17) is 14.2 Å². The summed E-state index contributed by atoms with van der Waals surface area (Å²) in [4.78, 5) is 12.5. The topological polar surface area (TPSA) is 44.8 Å². The van der Waals surface area contributed by atoms with Crippen LogP contribution in [0.3, 0.4) is 0 Å². The van der Waals surface area contributed by atoms with Gasteiger partial charge in [-0.1, -0.05) is 0 Å². The van der Waals surface area contributed by atoms with Crippen LogP contribution in [0.25, 0.3) is 0 Å². The molecule has 0 bridgehead atoms. The van der Waals surface area contributed by atoms with Crippen molar-refractivity contribution in [2.45, 2.75) is 44.3 Å².